The summed E-state index contributed by atoms with van der Waals surface area (Å²) in [7, 11) is 0. The van der Waals surface area contributed by atoms with Crippen molar-refractivity contribution >= 4 is 16.9 Å². The molecule has 1 aliphatic heterocycles. The van der Waals surface area contributed by atoms with Crippen molar-refractivity contribution in [3.05, 3.63) is 42.7 Å². The number of aromatic nitrogens is 2. The van der Waals surface area contributed by atoms with Gasteiger partial charge in [0.25, 0.3) is 0 Å². The number of carbonyl (C=O) groups is 1. The molecule has 0 unspecified atom stereocenters. The number of hydrogen-bond acceptors (Lipinski definition) is 3. The molecule has 5 heteroatoms. The average molecular weight is 312 g/mol. The van der Waals surface area contributed by atoms with E-state index in [2.05, 4.69) is 27.8 Å². The molecule has 1 amide bonds. The fourth-order valence-corrected chi connectivity index (χ4v) is 3.22. The summed E-state index contributed by atoms with van der Waals surface area (Å²) >= 11 is 0. The zero-order valence-electron chi connectivity index (χ0n) is 13.4. The molecule has 2 heterocycles. The summed E-state index contributed by atoms with van der Waals surface area (Å²) in [6.45, 7) is 5.94. The number of carbonyl (C=O) groups excluding carboxylic acids is 1. The minimum atomic E-state index is 0.0822. The highest BCUT2D eigenvalue weighted by atomic mass is 16.1. The lowest BCUT2D eigenvalue weighted by Gasteiger charge is -2.34. The molecule has 23 heavy (non-hydrogen) atoms. The summed E-state index contributed by atoms with van der Waals surface area (Å²) in [5, 5.41) is 2.84. The van der Waals surface area contributed by atoms with Crippen molar-refractivity contribution in [1.29, 1.82) is 0 Å². The van der Waals surface area contributed by atoms with Crippen LogP contribution in [0.1, 0.15) is 37.5 Å². The average Bonchev–Trinajstić information content (AvgIpc) is 3.02. The van der Waals surface area contributed by atoms with Gasteiger partial charge < -0.3 is 10.3 Å². The molecule has 1 atom stereocenters. The number of rotatable bonds is 6. The Bertz CT molecular complexity index is 645. The summed E-state index contributed by atoms with van der Waals surface area (Å²) in [4.78, 5) is 22.4. The van der Waals surface area contributed by atoms with Gasteiger partial charge in [-0.25, -0.2) is 4.98 Å². The van der Waals surface area contributed by atoms with E-state index in [0.29, 0.717) is 13.0 Å². The highest BCUT2D eigenvalue weighted by molar-refractivity contribution is 5.76. The van der Waals surface area contributed by atoms with Crippen LogP contribution >= 0.6 is 0 Å². The smallest absolute Gasteiger partial charge is 0.221 e. The Morgan fingerprint density at radius 2 is 2.30 bits per heavy atom. The first-order valence-corrected chi connectivity index (χ1v) is 8.34. The van der Waals surface area contributed by atoms with Crippen molar-refractivity contribution in [3.63, 3.8) is 0 Å². The zero-order chi connectivity index (χ0) is 16.1. The first kappa shape index (κ1) is 15.7. The van der Waals surface area contributed by atoms with Crippen LogP contribution in [-0.2, 0) is 4.79 Å². The van der Waals surface area contributed by atoms with Gasteiger partial charge in [-0.05, 0) is 31.5 Å². The van der Waals surface area contributed by atoms with E-state index in [4.69, 9.17) is 4.98 Å². The number of H-pyrrole nitrogens is 1. The van der Waals surface area contributed by atoms with E-state index in [1.807, 2.05) is 18.2 Å². The third-order valence-corrected chi connectivity index (χ3v) is 4.41. The number of piperidine rings is 1. The molecule has 1 saturated heterocycles. The number of amides is 1. The molecular weight excluding hydrogens is 288 g/mol. The number of hydrogen-bond donors (Lipinski definition) is 2. The molecule has 3 rings (SSSR count). The molecule has 0 bridgehead atoms. The zero-order valence-corrected chi connectivity index (χ0v) is 13.4. The van der Waals surface area contributed by atoms with Crippen LogP contribution < -0.4 is 5.32 Å². The number of nitrogens with zero attached hydrogens (tertiary/aromatic N) is 2. The fraction of sp³-hybridized carbons (Fsp3) is 0.444. The summed E-state index contributed by atoms with van der Waals surface area (Å²) < 4.78 is 0. The van der Waals surface area contributed by atoms with Crippen molar-refractivity contribution in [2.45, 2.75) is 31.7 Å². The Morgan fingerprint density at radius 1 is 1.43 bits per heavy atom. The first-order valence-electron chi connectivity index (χ1n) is 8.34. The minimum Gasteiger partial charge on any atom is -0.353 e. The van der Waals surface area contributed by atoms with E-state index >= 15 is 0 Å². The van der Waals surface area contributed by atoms with Crippen molar-refractivity contribution in [2.75, 3.05) is 19.6 Å². The van der Waals surface area contributed by atoms with E-state index in [9.17, 15) is 4.79 Å². The molecule has 2 N–H and O–H groups in total. The summed E-state index contributed by atoms with van der Waals surface area (Å²) in [6.07, 6.45) is 5.71. The van der Waals surface area contributed by atoms with Gasteiger partial charge in [0.2, 0.25) is 5.91 Å². The number of aromatic amines is 1. The predicted molar refractivity (Wildman–Crippen MR) is 92.1 cm³/mol. The molecule has 0 radical (unpaired) electrons. The number of likely N-dealkylation sites (tertiary alicyclic amines) is 1. The second kappa shape index (κ2) is 7.42. The van der Waals surface area contributed by atoms with Gasteiger partial charge in [-0.2, -0.15) is 0 Å². The molecule has 122 valence electrons. The number of imidazole rings is 1. The second-order valence-corrected chi connectivity index (χ2v) is 6.03. The van der Waals surface area contributed by atoms with Gasteiger partial charge in [0, 0.05) is 19.5 Å². The molecule has 1 aromatic heterocycles. The largest absolute Gasteiger partial charge is 0.353 e. The highest BCUT2D eigenvalue weighted by Gasteiger charge is 2.26. The first-order chi connectivity index (χ1) is 11.3. The Kier molecular flexibility index (Phi) is 5.08. The Labute approximate surface area is 136 Å². The monoisotopic (exact) mass is 312 g/mol. The molecule has 0 aliphatic carbocycles. The molecule has 1 aromatic carbocycles. The van der Waals surface area contributed by atoms with Gasteiger partial charge in [-0.3, -0.25) is 9.69 Å². The Balaban J connectivity index is 1.68. The van der Waals surface area contributed by atoms with Crippen LogP contribution in [0.3, 0.4) is 0 Å². The normalized spacial score (nSPS) is 18.9. The van der Waals surface area contributed by atoms with Gasteiger partial charge in [0.15, 0.2) is 0 Å². The van der Waals surface area contributed by atoms with Crippen LogP contribution in [0.2, 0.25) is 0 Å². The van der Waals surface area contributed by atoms with Crippen molar-refractivity contribution in [2.24, 2.45) is 0 Å². The van der Waals surface area contributed by atoms with Crippen molar-refractivity contribution < 1.29 is 4.79 Å². The van der Waals surface area contributed by atoms with Crippen LogP contribution in [0.5, 0.6) is 0 Å². The molecule has 0 spiro atoms. The van der Waals surface area contributed by atoms with Gasteiger partial charge >= 0.3 is 0 Å². The van der Waals surface area contributed by atoms with Crippen molar-refractivity contribution in [3.8, 4) is 0 Å². The van der Waals surface area contributed by atoms with Gasteiger partial charge in [-0.1, -0.05) is 24.6 Å². The van der Waals surface area contributed by atoms with E-state index in [0.717, 1.165) is 36.4 Å². The molecule has 2 aromatic rings. The van der Waals surface area contributed by atoms with Crippen LogP contribution in [0.4, 0.5) is 0 Å². The highest BCUT2D eigenvalue weighted by Crippen LogP contribution is 2.30. The van der Waals surface area contributed by atoms with E-state index in [1.165, 1.54) is 12.8 Å². The molecule has 1 fully saturated rings. The maximum absolute atomic E-state index is 11.8. The summed E-state index contributed by atoms with van der Waals surface area (Å²) in [5.74, 6) is 1.11. The van der Waals surface area contributed by atoms with E-state index in [1.54, 1.807) is 6.08 Å². The predicted octanol–water partition coefficient (Wildman–Crippen LogP) is 2.78. The standard InChI is InChI=1S/C18H24N4O/c1-2-11-19-17(23)10-13-22-12-6-5-9-16(22)18-20-14-7-3-4-8-15(14)21-18/h2-4,7-8,16H,1,5-6,9-13H2,(H,19,23)(H,20,21)/t16-/m1/s1. The lowest BCUT2D eigenvalue weighted by atomic mass is 10.0. The van der Waals surface area contributed by atoms with Crippen LogP contribution in [0, 0.1) is 0 Å². The number of fused-ring (bicyclic) bond motifs is 1. The lowest BCUT2D eigenvalue weighted by molar-refractivity contribution is -0.121. The van der Waals surface area contributed by atoms with E-state index in [-0.39, 0.29) is 11.9 Å². The Morgan fingerprint density at radius 3 is 3.13 bits per heavy atom. The van der Waals surface area contributed by atoms with Gasteiger partial charge in [0.1, 0.15) is 5.82 Å². The van der Waals surface area contributed by atoms with Gasteiger partial charge in [-0.15, -0.1) is 6.58 Å². The number of para-hydroxylation sites is 2. The fourth-order valence-electron chi connectivity index (χ4n) is 3.22. The van der Waals surface area contributed by atoms with Crippen molar-refractivity contribution in [1.82, 2.24) is 20.2 Å². The third kappa shape index (κ3) is 3.79. The third-order valence-electron chi connectivity index (χ3n) is 4.41. The molecule has 0 saturated carbocycles. The Hall–Kier alpha value is -2.14. The summed E-state index contributed by atoms with van der Waals surface area (Å²) in [5.41, 5.74) is 2.09. The number of benzene rings is 1. The quantitative estimate of drug-likeness (QED) is 0.806. The minimum absolute atomic E-state index is 0.0822. The molecule has 1 aliphatic rings. The van der Waals surface area contributed by atoms with Gasteiger partial charge in [0.05, 0.1) is 17.1 Å². The lowest BCUT2D eigenvalue weighted by Crippen LogP contribution is -2.37. The van der Waals surface area contributed by atoms with Crippen LogP contribution in [-0.4, -0.2) is 40.4 Å². The molecule has 5 nitrogen and oxygen atoms in total. The SMILES string of the molecule is C=CCNC(=O)CCN1CCCC[C@@H]1c1nc2ccccc2[nH]1. The van der Waals surface area contributed by atoms with Crippen LogP contribution in [0.15, 0.2) is 36.9 Å². The number of nitrogens with one attached hydrogen (secondary N) is 2. The topological polar surface area (TPSA) is 61.0 Å². The van der Waals surface area contributed by atoms with E-state index < -0.39 is 0 Å². The molecular formula is C18H24N4O. The second-order valence-electron chi connectivity index (χ2n) is 6.03. The maximum atomic E-state index is 11.8. The van der Waals surface area contributed by atoms with Crippen LogP contribution in [0.25, 0.3) is 11.0 Å². The summed E-state index contributed by atoms with van der Waals surface area (Å²) in [6, 6.07) is 8.40. The maximum Gasteiger partial charge on any atom is 0.221 e.